The molecule has 4 nitrogen and oxygen atoms in total. The quantitative estimate of drug-likeness (QED) is 0.804. The molecule has 2 heterocycles. The number of fused-ring (bicyclic) bond motifs is 1. The van der Waals surface area contributed by atoms with Gasteiger partial charge >= 0.3 is 0 Å². The summed E-state index contributed by atoms with van der Waals surface area (Å²) in [5.41, 5.74) is 3.27. The van der Waals surface area contributed by atoms with E-state index in [0.29, 0.717) is 17.7 Å². The first-order valence-electron chi connectivity index (χ1n) is 8.98. The summed E-state index contributed by atoms with van der Waals surface area (Å²) in [6, 6.07) is 15.3. The maximum absolute atomic E-state index is 12.5. The number of hydrogen-bond acceptors (Lipinski definition) is 3. The Morgan fingerprint density at radius 3 is 1.96 bits per heavy atom. The first-order chi connectivity index (χ1) is 12.2. The zero-order chi connectivity index (χ0) is 17.2. The van der Waals surface area contributed by atoms with E-state index in [9.17, 15) is 9.59 Å². The van der Waals surface area contributed by atoms with Gasteiger partial charge in [-0.3, -0.25) is 19.4 Å². The van der Waals surface area contributed by atoms with Crippen LogP contribution in [0.4, 0.5) is 0 Å². The van der Waals surface area contributed by atoms with Gasteiger partial charge in [0, 0.05) is 6.54 Å². The number of imide groups is 1. The molecule has 0 N–H and O–H groups in total. The number of benzene rings is 2. The summed E-state index contributed by atoms with van der Waals surface area (Å²) in [4.78, 5) is 28.8. The van der Waals surface area contributed by atoms with Crippen LogP contribution in [0.1, 0.15) is 51.1 Å². The molecule has 0 spiro atoms. The Balaban J connectivity index is 1.49. The molecule has 0 bridgehead atoms. The molecule has 2 aromatic carbocycles. The molecule has 0 aliphatic carbocycles. The lowest BCUT2D eigenvalue weighted by molar-refractivity contribution is 0.0642. The smallest absolute Gasteiger partial charge is 0.261 e. The van der Waals surface area contributed by atoms with Crippen molar-refractivity contribution in [2.45, 2.75) is 32.4 Å². The number of nitrogens with zero attached hydrogens (tertiary/aromatic N) is 2. The van der Waals surface area contributed by atoms with Crippen LogP contribution in [0.15, 0.2) is 48.5 Å². The van der Waals surface area contributed by atoms with Crippen molar-refractivity contribution >= 4 is 11.8 Å². The monoisotopic (exact) mass is 334 g/mol. The first-order valence-corrected chi connectivity index (χ1v) is 8.98. The van der Waals surface area contributed by atoms with E-state index in [2.05, 4.69) is 17.0 Å². The van der Waals surface area contributed by atoms with E-state index in [4.69, 9.17) is 0 Å². The summed E-state index contributed by atoms with van der Waals surface area (Å²) < 4.78 is 0. The van der Waals surface area contributed by atoms with Gasteiger partial charge < -0.3 is 0 Å². The molecule has 2 aliphatic heterocycles. The summed E-state index contributed by atoms with van der Waals surface area (Å²) in [5, 5.41) is 0. The van der Waals surface area contributed by atoms with Gasteiger partial charge in [-0.05, 0) is 49.2 Å². The fourth-order valence-corrected chi connectivity index (χ4v) is 3.77. The lowest BCUT2D eigenvalue weighted by atomic mass is 10.1. The van der Waals surface area contributed by atoms with Gasteiger partial charge in [-0.15, -0.1) is 0 Å². The fourth-order valence-electron chi connectivity index (χ4n) is 3.77. The molecule has 2 aliphatic rings. The molecule has 0 atom stereocenters. The normalized spacial score (nSPS) is 17.8. The van der Waals surface area contributed by atoms with Crippen LogP contribution >= 0.6 is 0 Å². The number of carbonyl (C=O) groups is 2. The summed E-state index contributed by atoms with van der Waals surface area (Å²) in [5.74, 6) is -0.385. The average Bonchev–Trinajstić information content (AvgIpc) is 2.88. The second-order valence-corrected chi connectivity index (χ2v) is 6.90. The van der Waals surface area contributed by atoms with Gasteiger partial charge in [0.2, 0.25) is 0 Å². The zero-order valence-corrected chi connectivity index (χ0v) is 14.3. The molecule has 4 heteroatoms. The number of amides is 2. The zero-order valence-electron chi connectivity index (χ0n) is 14.3. The Labute approximate surface area is 148 Å². The molecule has 128 valence electrons. The Kier molecular flexibility index (Phi) is 4.36. The van der Waals surface area contributed by atoms with Gasteiger partial charge in [0.25, 0.3) is 11.8 Å². The third kappa shape index (κ3) is 3.22. The minimum Gasteiger partial charge on any atom is -0.299 e. The number of piperidine rings is 1. The van der Waals surface area contributed by atoms with Gasteiger partial charge in [-0.25, -0.2) is 0 Å². The van der Waals surface area contributed by atoms with Crippen LogP contribution in [-0.4, -0.2) is 34.7 Å². The van der Waals surface area contributed by atoms with Gasteiger partial charge in [0.1, 0.15) is 0 Å². The molecule has 2 aromatic rings. The highest BCUT2D eigenvalue weighted by molar-refractivity contribution is 6.21. The predicted molar refractivity (Wildman–Crippen MR) is 96.2 cm³/mol. The molecular formula is C21H22N2O2. The Hall–Kier alpha value is -2.46. The number of carbonyl (C=O) groups excluding carboxylic acids is 2. The highest BCUT2D eigenvalue weighted by atomic mass is 16.2. The fraction of sp³-hybridized carbons (Fsp3) is 0.333. The van der Waals surface area contributed by atoms with Gasteiger partial charge in [-0.2, -0.15) is 0 Å². The summed E-state index contributed by atoms with van der Waals surface area (Å²) in [7, 11) is 0. The maximum atomic E-state index is 12.5. The second-order valence-electron chi connectivity index (χ2n) is 6.90. The van der Waals surface area contributed by atoms with E-state index < -0.39 is 0 Å². The topological polar surface area (TPSA) is 40.6 Å². The number of likely N-dealkylation sites (tertiary alicyclic amines) is 1. The van der Waals surface area contributed by atoms with Crippen molar-refractivity contribution in [1.82, 2.24) is 9.80 Å². The lowest BCUT2D eigenvalue weighted by Gasteiger charge is -2.26. The van der Waals surface area contributed by atoms with Crippen LogP contribution in [-0.2, 0) is 13.1 Å². The number of hydrogen-bond donors (Lipinski definition) is 0. The molecule has 1 saturated heterocycles. The second kappa shape index (κ2) is 6.81. The first kappa shape index (κ1) is 16.0. The van der Waals surface area contributed by atoms with Crippen LogP contribution < -0.4 is 0 Å². The van der Waals surface area contributed by atoms with E-state index in [1.165, 1.54) is 29.7 Å². The lowest BCUT2D eigenvalue weighted by Crippen LogP contribution is -2.30. The van der Waals surface area contributed by atoms with Crippen molar-refractivity contribution in [3.63, 3.8) is 0 Å². The SMILES string of the molecule is O=C1c2ccccc2C(=O)N1Cc1cccc(CN2CCCCC2)c1. The molecule has 1 fully saturated rings. The van der Waals surface area contributed by atoms with Crippen molar-refractivity contribution in [2.24, 2.45) is 0 Å². The van der Waals surface area contributed by atoms with Gasteiger partial charge in [-0.1, -0.05) is 42.8 Å². The van der Waals surface area contributed by atoms with Gasteiger partial charge in [0.15, 0.2) is 0 Å². The molecule has 4 rings (SSSR count). The summed E-state index contributed by atoms with van der Waals surface area (Å²) in [6.45, 7) is 3.58. The Bertz CT molecular complexity index is 774. The third-order valence-electron chi connectivity index (χ3n) is 5.07. The molecule has 2 amide bonds. The van der Waals surface area contributed by atoms with Crippen LogP contribution in [0.5, 0.6) is 0 Å². The molecule has 0 saturated carbocycles. The van der Waals surface area contributed by atoms with Crippen LogP contribution in [0.25, 0.3) is 0 Å². The largest absolute Gasteiger partial charge is 0.299 e. The van der Waals surface area contributed by atoms with Crippen molar-refractivity contribution in [3.8, 4) is 0 Å². The predicted octanol–water partition coefficient (Wildman–Crippen LogP) is 3.47. The summed E-state index contributed by atoms with van der Waals surface area (Å²) in [6.07, 6.45) is 3.87. The van der Waals surface area contributed by atoms with Crippen LogP contribution in [0.3, 0.4) is 0 Å². The van der Waals surface area contributed by atoms with E-state index in [1.807, 2.05) is 12.1 Å². The molecule has 0 radical (unpaired) electrons. The standard InChI is InChI=1S/C21H22N2O2/c24-20-18-9-2-3-10-19(18)21(25)23(20)15-17-8-6-7-16(13-17)14-22-11-4-1-5-12-22/h2-3,6-10,13H,1,4-5,11-12,14-15H2. The van der Waals surface area contributed by atoms with Crippen molar-refractivity contribution in [2.75, 3.05) is 13.1 Å². The van der Waals surface area contributed by atoms with Crippen molar-refractivity contribution in [3.05, 3.63) is 70.8 Å². The number of rotatable bonds is 4. The van der Waals surface area contributed by atoms with E-state index in [0.717, 1.165) is 25.2 Å². The van der Waals surface area contributed by atoms with Crippen LogP contribution in [0, 0.1) is 0 Å². The minimum absolute atomic E-state index is 0.193. The third-order valence-corrected chi connectivity index (χ3v) is 5.07. The van der Waals surface area contributed by atoms with E-state index in [-0.39, 0.29) is 11.8 Å². The Morgan fingerprint density at radius 2 is 1.32 bits per heavy atom. The highest BCUT2D eigenvalue weighted by Crippen LogP contribution is 2.24. The molecule has 25 heavy (non-hydrogen) atoms. The van der Waals surface area contributed by atoms with Crippen LogP contribution in [0.2, 0.25) is 0 Å². The average molecular weight is 334 g/mol. The van der Waals surface area contributed by atoms with E-state index in [1.54, 1.807) is 24.3 Å². The van der Waals surface area contributed by atoms with E-state index >= 15 is 0 Å². The maximum Gasteiger partial charge on any atom is 0.261 e. The minimum atomic E-state index is -0.193. The highest BCUT2D eigenvalue weighted by Gasteiger charge is 2.34. The molecule has 0 aromatic heterocycles. The molecule has 0 unspecified atom stereocenters. The van der Waals surface area contributed by atoms with Crippen molar-refractivity contribution < 1.29 is 9.59 Å². The Morgan fingerprint density at radius 1 is 0.720 bits per heavy atom. The van der Waals surface area contributed by atoms with Gasteiger partial charge in [0.05, 0.1) is 17.7 Å². The van der Waals surface area contributed by atoms with Crippen molar-refractivity contribution in [1.29, 1.82) is 0 Å². The summed E-state index contributed by atoms with van der Waals surface area (Å²) >= 11 is 0. The molecular weight excluding hydrogens is 312 g/mol.